The van der Waals surface area contributed by atoms with Gasteiger partial charge in [0.25, 0.3) is 12.0 Å². The van der Waals surface area contributed by atoms with Crippen molar-refractivity contribution in [3.05, 3.63) is 52.5 Å². The van der Waals surface area contributed by atoms with Crippen molar-refractivity contribution < 1.29 is 22.0 Å². The van der Waals surface area contributed by atoms with Gasteiger partial charge >= 0.3 is 6.18 Å². The predicted octanol–water partition coefficient (Wildman–Crippen LogP) is 3.89. The van der Waals surface area contributed by atoms with E-state index >= 15 is 0 Å². The van der Waals surface area contributed by atoms with Crippen LogP contribution in [-0.2, 0) is 19.3 Å². The van der Waals surface area contributed by atoms with Crippen LogP contribution < -0.4 is 5.56 Å². The van der Waals surface area contributed by atoms with Gasteiger partial charge in [-0.05, 0) is 48.8 Å². The van der Waals surface area contributed by atoms with Crippen molar-refractivity contribution in [1.29, 1.82) is 0 Å². The van der Waals surface area contributed by atoms with Gasteiger partial charge in [-0.25, -0.2) is 13.8 Å². The molecule has 0 radical (unpaired) electrons. The lowest BCUT2D eigenvalue weighted by atomic mass is 9.67. The third kappa shape index (κ3) is 4.30. The van der Waals surface area contributed by atoms with Crippen LogP contribution in [0.4, 0.5) is 22.0 Å². The second kappa shape index (κ2) is 8.40. The summed E-state index contributed by atoms with van der Waals surface area (Å²) in [6.45, 7) is 1.36. The van der Waals surface area contributed by atoms with Crippen molar-refractivity contribution >= 4 is 11.0 Å². The number of hydrogen-bond donors (Lipinski definition) is 0. The highest BCUT2D eigenvalue weighted by Crippen LogP contribution is 2.47. The van der Waals surface area contributed by atoms with Gasteiger partial charge in [0.1, 0.15) is 17.8 Å². The number of fused-ring (bicyclic) bond motifs is 1. The van der Waals surface area contributed by atoms with E-state index in [9.17, 15) is 26.7 Å². The molecule has 4 heterocycles. The maximum Gasteiger partial charge on any atom is 0.433 e. The van der Waals surface area contributed by atoms with Crippen molar-refractivity contribution in [2.75, 3.05) is 13.1 Å². The van der Waals surface area contributed by atoms with Crippen molar-refractivity contribution in [3.8, 4) is 0 Å². The molecule has 1 spiro atoms. The van der Waals surface area contributed by atoms with Gasteiger partial charge in [-0.1, -0.05) is 0 Å². The van der Waals surface area contributed by atoms with Crippen LogP contribution in [0.2, 0.25) is 0 Å². The molecule has 0 N–H and O–H groups in total. The molecule has 34 heavy (non-hydrogen) atoms. The van der Waals surface area contributed by atoms with Crippen LogP contribution in [-0.4, -0.2) is 48.7 Å². The first kappa shape index (κ1) is 22.9. The number of halogens is 5. The van der Waals surface area contributed by atoms with Gasteiger partial charge in [-0.15, -0.1) is 0 Å². The zero-order valence-electron chi connectivity index (χ0n) is 18.2. The van der Waals surface area contributed by atoms with Gasteiger partial charge in [-0.3, -0.25) is 23.9 Å². The van der Waals surface area contributed by atoms with Crippen LogP contribution in [0.15, 0.2) is 35.6 Å². The van der Waals surface area contributed by atoms with Crippen LogP contribution in [0.3, 0.4) is 0 Å². The largest absolute Gasteiger partial charge is 0.433 e. The SMILES string of the molecule is O=c1c2c(cnn2CC(F)F)ncn1C1CCC2(CC1)CN(Cc1ccnc(C(F)(F)F)c1)C2. The molecule has 0 amide bonds. The summed E-state index contributed by atoms with van der Waals surface area (Å²) < 4.78 is 66.9. The van der Waals surface area contributed by atoms with Crippen LogP contribution in [0, 0.1) is 5.41 Å². The molecule has 3 aromatic rings. The molecule has 1 aliphatic carbocycles. The van der Waals surface area contributed by atoms with Gasteiger partial charge in [0.05, 0.1) is 12.5 Å². The molecule has 3 aromatic heterocycles. The number of nitrogens with zero attached hydrogens (tertiary/aromatic N) is 6. The Hall–Kier alpha value is -2.89. The lowest BCUT2D eigenvalue weighted by Gasteiger charge is -2.53. The topological polar surface area (TPSA) is 68.8 Å². The second-order valence-corrected chi connectivity index (χ2v) is 9.33. The normalized spacial score (nSPS) is 19.2. The fourth-order valence-corrected chi connectivity index (χ4v) is 5.33. The summed E-state index contributed by atoms with van der Waals surface area (Å²) in [6, 6.07) is 2.62. The molecule has 2 aliphatic rings. The summed E-state index contributed by atoms with van der Waals surface area (Å²) in [5.74, 6) is 0. The van der Waals surface area contributed by atoms with E-state index in [1.165, 1.54) is 23.3 Å². The fraction of sp³-hybridized carbons (Fsp3) is 0.545. The van der Waals surface area contributed by atoms with Gasteiger partial charge in [0, 0.05) is 31.9 Å². The second-order valence-electron chi connectivity index (χ2n) is 9.33. The Kier molecular flexibility index (Phi) is 5.65. The van der Waals surface area contributed by atoms with Crippen LogP contribution in [0.5, 0.6) is 0 Å². The Balaban J connectivity index is 1.22. The van der Waals surface area contributed by atoms with Gasteiger partial charge in [0.15, 0.2) is 5.52 Å². The minimum atomic E-state index is -4.46. The first-order valence-corrected chi connectivity index (χ1v) is 11.1. The first-order valence-electron chi connectivity index (χ1n) is 11.1. The van der Waals surface area contributed by atoms with Crippen LogP contribution in [0.25, 0.3) is 11.0 Å². The first-order chi connectivity index (χ1) is 16.1. The Bertz CT molecular complexity index is 1240. The third-order valence-electron chi connectivity index (χ3n) is 6.94. The van der Waals surface area contributed by atoms with Gasteiger partial charge in [0.2, 0.25) is 0 Å². The average molecular weight is 482 g/mol. The van der Waals surface area contributed by atoms with E-state index in [1.54, 1.807) is 6.07 Å². The Morgan fingerprint density at radius 3 is 2.56 bits per heavy atom. The standard InChI is InChI=1S/C22H23F5N6O/c23-18(24)10-33-19-16(8-30-33)29-13-32(20(19)34)15-1-4-21(5-2-15)11-31(12-21)9-14-3-6-28-17(7-14)22(25,26)27/h3,6-8,13,15,18H,1-2,4-5,9-12H2. The summed E-state index contributed by atoms with van der Waals surface area (Å²) in [6.07, 6.45) is 0.137. The summed E-state index contributed by atoms with van der Waals surface area (Å²) >= 11 is 0. The molecule has 1 saturated carbocycles. The highest BCUT2D eigenvalue weighted by Gasteiger charge is 2.45. The molecule has 0 unspecified atom stereocenters. The number of aromatic nitrogens is 5. The zero-order valence-corrected chi connectivity index (χ0v) is 18.2. The van der Waals surface area contributed by atoms with Crippen molar-refractivity contribution in [3.63, 3.8) is 0 Å². The highest BCUT2D eigenvalue weighted by atomic mass is 19.4. The molecule has 0 aromatic carbocycles. The summed E-state index contributed by atoms with van der Waals surface area (Å²) in [5, 5.41) is 3.88. The molecule has 1 saturated heterocycles. The molecule has 12 heteroatoms. The van der Waals surface area contributed by atoms with Crippen LogP contribution in [0.1, 0.15) is 43.0 Å². The number of rotatable bonds is 5. The third-order valence-corrected chi connectivity index (χ3v) is 6.94. The molecule has 0 bridgehead atoms. The maximum atomic E-state index is 13.0. The van der Waals surface area contributed by atoms with E-state index < -0.39 is 24.8 Å². The van der Waals surface area contributed by atoms with Crippen molar-refractivity contribution in [2.24, 2.45) is 5.41 Å². The van der Waals surface area contributed by atoms with Gasteiger partial charge < -0.3 is 0 Å². The van der Waals surface area contributed by atoms with E-state index in [4.69, 9.17) is 0 Å². The molecule has 0 atom stereocenters. The average Bonchev–Trinajstić information content (AvgIpc) is 3.16. The van der Waals surface area contributed by atoms with Gasteiger partial charge in [-0.2, -0.15) is 18.3 Å². The molecule has 2 fully saturated rings. The molecular weight excluding hydrogens is 459 g/mol. The monoisotopic (exact) mass is 482 g/mol. The Morgan fingerprint density at radius 1 is 1.15 bits per heavy atom. The maximum absolute atomic E-state index is 13.0. The lowest BCUT2D eigenvalue weighted by Crippen LogP contribution is -2.57. The van der Waals surface area contributed by atoms with E-state index in [1.807, 2.05) is 0 Å². The predicted molar refractivity (Wildman–Crippen MR) is 112 cm³/mol. The van der Waals surface area contributed by atoms with E-state index in [0.29, 0.717) is 17.6 Å². The minimum absolute atomic E-state index is 0.0754. The summed E-state index contributed by atoms with van der Waals surface area (Å²) in [7, 11) is 0. The summed E-state index contributed by atoms with van der Waals surface area (Å²) in [4.78, 5) is 22.8. The van der Waals surface area contributed by atoms with Crippen molar-refractivity contribution in [1.82, 2.24) is 29.2 Å². The van der Waals surface area contributed by atoms with E-state index in [0.717, 1.165) is 49.5 Å². The lowest BCUT2D eigenvalue weighted by molar-refractivity contribution is -0.141. The summed E-state index contributed by atoms with van der Waals surface area (Å²) in [5.41, 5.74) is -0.182. The number of likely N-dealkylation sites (tertiary alicyclic amines) is 1. The Labute approximate surface area is 191 Å². The van der Waals surface area contributed by atoms with Crippen LogP contribution >= 0.6 is 0 Å². The fourth-order valence-electron chi connectivity index (χ4n) is 5.33. The quantitative estimate of drug-likeness (QED) is 0.517. The molecule has 5 rings (SSSR count). The number of alkyl halides is 5. The number of hydrogen-bond acceptors (Lipinski definition) is 5. The highest BCUT2D eigenvalue weighted by molar-refractivity contribution is 5.72. The Morgan fingerprint density at radius 2 is 1.88 bits per heavy atom. The smallest absolute Gasteiger partial charge is 0.298 e. The molecule has 7 nitrogen and oxygen atoms in total. The molecule has 1 aliphatic heterocycles. The van der Waals surface area contributed by atoms with E-state index in [2.05, 4.69) is 20.0 Å². The zero-order chi connectivity index (χ0) is 24.1. The number of pyridine rings is 1. The van der Waals surface area contributed by atoms with Crippen molar-refractivity contribution in [2.45, 2.75) is 57.4 Å². The van der Waals surface area contributed by atoms with E-state index in [-0.39, 0.29) is 22.5 Å². The minimum Gasteiger partial charge on any atom is -0.298 e. The molecular formula is C22H23F5N6O. The molecule has 182 valence electrons.